The van der Waals surface area contributed by atoms with Crippen molar-refractivity contribution in [3.05, 3.63) is 29.8 Å². The van der Waals surface area contributed by atoms with Crippen LogP contribution in [0.2, 0.25) is 0 Å². The van der Waals surface area contributed by atoms with Crippen LogP contribution in [0.15, 0.2) is 29.3 Å². The van der Waals surface area contributed by atoms with E-state index in [4.69, 9.17) is 10.5 Å². The van der Waals surface area contributed by atoms with E-state index in [1.807, 2.05) is 31.2 Å². The molecule has 0 heterocycles. The van der Waals surface area contributed by atoms with E-state index in [0.717, 1.165) is 5.56 Å². The maximum Gasteiger partial charge on any atom is 0.231 e. The molecule has 0 atom stereocenters. The molecule has 1 amide bonds. The number of nitrogens with one attached hydrogen (secondary N) is 1. The number of ether oxygens (including phenoxy) is 1. The second-order valence-electron chi connectivity index (χ2n) is 3.40. The molecule has 5 nitrogen and oxygen atoms in total. The lowest BCUT2D eigenvalue weighted by atomic mass is 10.1. The number of benzene rings is 1. The molecule has 1 aromatic rings. The molecule has 1 rings (SSSR count). The Kier molecular flexibility index (Phi) is 5.00. The number of nitrogens with two attached hydrogens (primary N) is 1. The molecular formula is C12H17N3O2. The lowest BCUT2D eigenvalue weighted by Crippen LogP contribution is -2.37. The molecule has 0 aromatic heterocycles. The van der Waals surface area contributed by atoms with Gasteiger partial charge >= 0.3 is 0 Å². The van der Waals surface area contributed by atoms with E-state index in [-0.39, 0.29) is 18.3 Å². The molecule has 5 heteroatoms. The summed E-state index contributed by atoms with van der Waals surface area (Å²) < 4.78 is 5.16. The number of hydrogen-bond acceptors (Lipinski definition) is 3. The number of nitrogens with zero attached hydrogens (tertiary/aromatic N) is 1. The first-order valence-electron chi connectivity index (χ1n) is 5.39. The van der Waals surface area contributed by atoms with Crippen LogP contribution in [0.5, 0.6) is 5.75 Å². The van der Waals surface area contributed by atoms with E-state index in [0.29, 0.717) is 12.3 Å². The van der Waals surface area contributed by atoms with Crippen molar-refractivity contribution < 1.29 is 9.53 Å². The maximum atomic E-state index is 11.6. The number of guanidine groups is 1. The summed E-state index contributed by atoms with van der Waals surface area (Å²) >= 11 is 0. The van der Waals surface area contributed by atoms with Gasteiger partial charge in [0.25, 0.3) is 0 Å². The normalized spacial score (nSPS) is 11.1. The molecule has 0 radical (unpaired) electrons. The summed E-state index contributed by atoms with van der Waals surface area (Å²) in [6.07, 6.45) is 0.212. The number of carbonyl (C=O) groups is 1. The second kappa shape index (κ2) is 6.52. The van der Waals surface area contributed by atoms with Crippen LogP contribution < -0.4 is 15.8 Å². The Morgan fingerprint density at radius 3 is 2.82 bits per heavy atom. The van der Waals surface area contributed by atoms with Crippen molar-refractivity contribution in [2.45, 2.75) is 13.3 Å². The SMILES string of the molecule is CCN=C(N)NC(=O)Cc1ccccc1OC. The molecule has 0 spiro atoms. The summed E-state index contributed by atoms with van der Waals surface area (Å²) in [4.78, 5) is 15.5. The lowest BCUT2D eigenvalue weighted by molar-refractivity contribution is -0.119. The third-order valence-electron chi connectivity index (χ3n) is 2.14. The fraction of sp³-hybridized carbons (Fsp3) is 0.333. The zero-order chi connectivity index (χ0) is 12.7. The predicted octanol–water partition coefficient (Wildman–Crippen LogP) is 0.689. The van der Waals surface area contributed by atoms with Crippen molar-refractivity contribution in [2.24, 2.45) is 10.7 Å². The smallest absolute Gasteiger partial charge is 0.231 e. The molecule has 1 aromatic carbocycles. The average molecular weight is 235 g/mol. The van der Waals surface area contributed by atoms with Gasteiger partial charge in [-0.25, -0.2) is 0 Å². The fourth-order valence-electron chi connectivity index (χ4n) is 1.42. The van der Waals surface area contributed by atoms with Gasteiger partial charge in [-0.1, -0.05) is 18.2 Å². The average Bonchev–Trinajstić information content (AvgIpc) is 2.29. The summed E-state index contributed by atoms with van der Waals surface area (Å²) in [6.45, 7) is 2.39. The highest BCUT2D eigenvalue weighted by molar-refractivity contribution is 5.97. The van der Waals surface area contributed by atoms with Gasteiger partial charge in [-0.3, -0.25) is 15.1 Å². The molecule has 0 fully saturated rings. The molecule has 0 bridgehead atoms. The second-order valence-corrected chi connectivity index (χ2v) is 3.40. The first-order chi connectivity index (χ1) is 8.17. The number of carbonyl (C=O) groups excluding carboxylic acids is 1. The van der Waals surface area contributed by atoms with E-state index in [1.54, 1.807) is 7.11 Å². The van der Waals surface area contributed by atoms with E-state index >= 15 is 0 Å². The zero-order valence-corrected chi connectivity index (χ0v) is 10.1. The van der Waals surface area contributed by atoms with Crippen LogP contribution in [0.25, 0.3) is 0 Å². The Morgan fingerprint density at radius 2 is 2.18 bits per heavy atom. The van der Waals surface area contributed by atoms with E-state index < -0.39 is 0 Å². The van der Waals surface area contributed by atoms with Crippen LogP contribution in [-0.4, -0.2) is 25.5 Å². The van der Waals surface area contributed by atoms with Crippen LogP contribution in [0.4, 0.5) is 0 Å². The molecule has 92 valence electrons. The van der Waals surface area contributed by atoms with Gasteiger partial charge in [-0.15, -0.1) is 0 Å². The van der Waals surface area contributed by atoms with Gasteiger partial charge in [0, 0.05) is 12.1 Å². The van der Waals surface area contributed by atoms with E-state index in [9.17, 15) is 4.79 Å². The van der Waals surface area contributed by atoms with Crippen molar-refractivity contribution in [1.29, 1.82) is 0 Å². The molecule has 0 aliphatic carbocycles. The molecule has 0 unspecified atom stereocenters. The largest absolute Gasteiger partial charge is 0.496 e. The molecule has 0 saturated carbocycles. The zero-order valence-electron chi connectivity index (χ0n) is 10.1. The summed E-state index contributed by atoms with van der Waals surface area (Å²) in [5, 5.41) is 2.51. The van der Waals surface area contributed by atoms with Gasteiger partial charge in [0.1, 0.15) is 5.75 Å². The van der Waals surface area contributed by atoms with Gasteiger partial charge in [0.15, 0.2) is 5.96 Å². The molecule has 3 N–H and O–H groups in total. The summed E-state index contributed by atoms with van der Waals surface area (Å²) in [5.74, 6) is 0.630. The molecule has 0 saturated heterocycles. The van der Waals surface area contributed by atoms with Crippen LogP contribution in [-0.2, 0) is 11.2 Å². The standard InChI is InChI=1S/C12H17N3O2/c1-3-14-12(13)15-11(16)8-9-6-4-5-7-10(9)17-2/h4-7H,3,8H2,1-2H3,(H3,13,14,15,16). The van der Waals surface area contributed by atoms with Crippen molar-refractivity contribution in [2.75, 3.05) is 13.7 Å². The van der Waals surface area contributed by atoms with E-state index in [1.165, 1.54) is 0 Å². The molecule has 0 aliphatic heterocycles. The number of methoxy groups -OCH3 is 1. The number of aliphatic imine (C=N–C) groups is 1. The maximum absolute atomic E-state index is 11.6. The Balaban J connectivity index is 2.65. The fourth-order valence-corrected chi connectivity index (χ4v) is 1.42. The Bertz CT molecular complexity index is 416. The van der Waals surface area contributed by atoms with Crippen LogP contribution >= 0.6 is 0 Å². The first-order valence-corrected chi connectivity index (χ1v) is 5.39. The molecule has 0 aliphatic rings. The Hall–Kier alpha value is -2.04. The van der Waals surface area contributed by atoms with Crippen LogP contribution in [0.1, 0.15) is 12.5 Å². The van der Waals surface area contributed by atoms with Gasteiger partial charge in [-0.05, 0) is 13.0 Å². The monoisotopic (exact) mass is 235 g/mol. The van der Waals surface area contributed by atoms with Crippen molar-refractivity contribution in [1.82, 2.24) is 5.32 Å². The lowest BCUT2D eigenvalue weighted by Gasteiger charge is -2.08. The Morgan fingerprint density at radius 1 is 1.47 bits per heavy atom. The van der Waals surface area contributed by atoms with Crippen molar-refractivity contribution >= 4 is 11.9 Å². The minimum Gasteiger partial charge on any atom is -0.496 e. The Labute approximate surface area is 101 Å². The minimum atomic E-state index is -0.204. The highest BCUT2D eigenvalue weighted by Crippen LogP contribution is 2.17. The minimum absolute atomic E-state index is 0.146. The topological polar surface area (TPSA) is 76.7 Å². The highest BCUT2D eigenvalue weighted by atomic mass is 16.5. The predicted molar refractivity (Wildman–Crippen MR) is 67.0 cm³/mol. The highest BCUT2D eigenvalue weighted by Gasteiger charge is 2.08. The van der Waals surface area contributed by atoms with Gasteiger partial charge in [0.2, 0.25) is 5.91 Å². The summed E-state index contributed by atoms with van der Waals surface area (Å²) in [6, 6.07) is 7.36. The summed E-state index contributed by atoms with van der Waals surface area (Å²) in [7, 11) is 1.57. The third kappa shape index (κ3) is 4.14. The first kappa shape index (κ1) is 13.0. The number of para-hydroxylation sites is 1. The molecule has 17 heavy (non-hydrogen) atoms. The quantitative estimate of drug-likeness (QED) is 0.595. The number of hydrogen-bond donors (Lipinski definition) is 2. The summed E-state index contributed by atoms with van der Waals surface area (Å²) in [5.41, 5.74) is 6.31. The number of amides is 1. The van der Waals surface area contributed by atoms with Crippen LogP contribution in [0.3, 0.4) is 0 Å². The van der Waals surface area contributed by atoms with Crippen molar-refractivity contribution in [3.8, 4) is 5.75 Å². The third-order valence-corrected chi connectivity index (χ3v) is 2.14. The van der Waals surface area contributed by atoms with Gasteiger partial charge in [-0.2, -0.15) is 0 Å². The van der Waals surface area contributed by atoms with E-state index in [2.05, 4.69) is 10.3 Å². The van der Waals surface area contributed by atoms with Crippen LogP contribution in [0, 0.1) is 0 Å². The van der Waals surface area contributed by atoms with Gasteiger partial charge < -0.3 is 10.5 Å². The molecular weight excluding hydrogens is 218 g/mol. The van der Waals surface area contributed by atoms with Crippen molar-refractivity contribution in [3.63, 3.8) is 0 Å². The number of rotatable bonds is 4. The van der Waals surface area contributed by atoms with Gasteiger partial charge in [0.05, 0.1) is 13.5 Å².